The second-order valence-corrected chi connectivity index (χ2v) is 4.83. The van der Waals surface area contributed by atoms with Crippen LogP contribution in [-0.2, 0) is 6.54 Å². The summed E-state index contributed by atoms with van der Waals surface area (Å²) in [5, 5.41) is 0. The Morgan fingerprint density at radius 1 is 1.25 bits per heavy atom. The number of carbonyl (C=O) groups excluding carboxylic acids is 1. The number of nitrogens with zero attached hydrogens (tertiary/aromatic N) is 1. The number of carbonyl (C=O) groups is 1. The van der Waals surface area contributed by atoms with Gasteiger partial charge in [-0.25, -0.2) is 4.39 Å². The monoisotopic (exact) mass is 272 g/mol. The first-order valence-corrected chi connectivity index (χ1v) is 6.34. The Balaban J connectivity index is 2.21. The zero-order valence-electron chi connectivity index (χ0n) is 11.6. The van der Waals surface area contributed by atoms with Crippen LogP contribution < -0.4 is 5.73 Å². The van der Waals surface area contributed by atoms with Crippen molar-refractivity contribution in [2.75, 3.05) is 12.8 Å². The smallest absolute Gasteiger partial charge is 0.256 e. The van der Waals surface area contributed by atoms with Gasteiger partial charge in [0.1, 0.15) is 5.82 Å². The van der Waals surface area contributed by atoms with Crippen molar-refractivity contribution in [1.82, 2.24) is 4.90 Å². The SMILES string of the molecule is Cc1ccccc1CN(C)C(=O)c1cc(N)ccc1F. The zero-order chi connectivity index (χ0) is 14.7. The lowest BCUT2D eigenvalue weighted by molar-refractivity contribution is 0.0780. The highest BCUT2D eigenvalue weighted by atomic mass is 19.1. The van der Waals surface area contributed by atoms with Crippen molar-refractivity contribution in [3.05, 3.63) is 65.0 Å². The number of benzene rings is 2. The summed E-state index contributed by atoms with van der Waals surface area (Å²) in [4.78, 5) is 13.8. The molecular weight excluding hydrogens is 255 g/mol. The van der Waals surface area contributed by atoms with E-state index in [-0.39, 0.29) is 11.5 Å². The maximum atomic E-state index is 13.7. The number of amides is 1. The van der Waals surface area contributed by atoms with Crippen LogP contribution in [0.3, 0.4) is 0 Å². The molecule has 20 heavy (non-hydrogen) atoms. The van der Waals surface area contributed by atoms with Gasteiger partial charge in [0.2, 0.25) is 0 Å². The lowest BCUT2D eigenvalue weighted by atomic mass is 10.1. The van der Waals surface area contributed by atoms with Crippen molar-refractivity contribution in [1.29, 1.82) is 0 Å². The van der Waals surface area contributed by atoms with Crippen LogP contribution in [0.25, 0.3) is 0 Å². The minimum Gasteiger partial charge on any atom is -0.399 e. The summed E-state index contributed by atoms with van der Waals surface area (Å²) in [6, 6.07) is 11.8. The van der Waals surface area contributed by atoms with E-state index >= 15 is 0 Å². The molecule has 2 N–H and O–H groups in total. The van der Waals surface area contributed by atoms with E-state index < -0.39 is 5.82 Å². The number of nitrogen functional groups attached to an aromatic ring is 1. The predicted octanol–water partition coefficient (Wildman–Crippen LogP) is 2.99. The fraction of sp³-hybridized carbons (Fsp3) is 0.188. The zero-order valence-corrected chi connectivity index (χ0v) is 11.6. The lowest BCUT2D eigenvalue weighted by Gasteiger charge is -2.19. The van der Waals surface area contributed by atoms with Gasteiger partial charge in [-0.05, 0) is 36.2 Å². The average Bonchev–Trinajstić information content (AvgIpc) is 2.43. The molecule has 0 spiro atoms. The third kappa shape index (κ3) is 2.96. The van der Waals surface area contributed by atoms with E-state index in [4.69, 9.17) is 5.73 Å². The molecule has 0 unspecified atom stereocenters. The molecule has 1 amide bonds. The minimum absolute atomic E-state index is 0.00100. The highest BCUT2D eigenvalue weighted by molar-refractivity contribution is 5.95. The molecule has 0 fully saturated rings. The van der Waals surface area contributed by atoms with Crippen LogP contribution in [0, 0.1) is 12.7 Å². The van der Waals surface area contributed by atoms with Gasteiger partial charge in [-0.2, -0.15) is 0 Å². The van der Waals surface area contributed by atoms with Gasteiger partial charge < -0.3 is 10.6 Å². The largest absolute Gasteiger partial charge is 0.399 e. The third-order valence-corrected chi connectivity index (χ3v) is 3.24. The summed E-state index contributed by atoms with van der Waals surface area (Å²) < 4.78 is 13.7. The molecule has 0 aromatic heterocycles. The normalized spacial score (nSPS) is 10.3. The van der Waals surface area contributed by atoms with Crippen molar-refractivity contribution < 1.29 is 9.18 Å². The average molecular weight is 272 g/mol. The number of halogens is 1. The van der Waals surface area contributed by atoms with Crippen LogP contribution in [0.15, 0.2) is 42.5 Å². The second kappa shape index (κ2) is 5.74. The van der Waals surface area contributed by atoms with Gasteiger partial charge >= 0.3 is 0 Å². The summed E-state index contributed by atoms with van der Waals surface area (Å²) in [7, 11) is 1.65. The molecule has 0 radical (unpaired) electrons. The highest BCUT2D eigenvalue weighted by Crippen LogP contribution is 2.16. The Labute approximate surface area is 117 Å². The molecule has 2 aromatic carbocycles. The van der Waals surface area contributed by atoms with Crippen LogP contribution >= 0.6 is 0 Å². The van der Waals surface area contributed by atoms with Crippen molar-refractivity contribution in [3.63, 3.8) is 0 Å². The van der Waals surface area contributed by atoms with Gasteiger partial charge in [0.25, 0.3) is 5.91 Å². The molecule has 0 bridgehead atoms. The maximum absolute atomic E-state index is 13.7. The molecule has 0 heterocycles. The van der Waals surface area contributed by atoms with Crippen LogP contribution in [0.5, 0.6) is 0 Å². The first kappa shape index (κ1) is 14.1. The van der Waals surface area contributed by atoms with E-state index in [2.05, 4.69) is 0 Å². The molecule has 0 atom stereocenters. The Hall–Kier alpha value is -2.36. The molecule has 0 aliphatic rings. The Morgan fingerprint density at radius 2 is 1.95 bits per heavy atom. The molecule has 4 heteroatoms. The second-order valence-electron chi connectivity index (χ2n) is 4.83. The van der Waals surface area contributed by atoms with E-state index in [0.29, 0.717) is 12.2 Å². The number of nitrogens with two attached hydrogens (primary N) is 1. The molecule has 0 saturated carbocycles. The summed E-state index contributed by atoms with van der Waals surface area (Å²) in [6.45, 7) is 2.41. The molecular formula is C16H17FN2O. The molecule has 0 saturated heterocycles. The molecule has 2 aromatic rings. The predicted molar refractivity (Wildman–Crippen MR) is 77.8 cm³/mol. The lowest BCUT2D eigenvalue weighted by Crippen LogP contribution is -2.27. The third-order valence-electron chi connectivity index (χ3n) is 3.24. The van der Waals surface area contributed by atoms with E-state index in [1.807, 2.05) is 31.2 Å². The molecule has 3 nitrogen and oxygen atoms in total. The van der Waals surface area contributed by atoms with Crippen molar-refractivity contribution in [2.24, 2.45) is 0 Å². The molecule has 2 rings (SSSR count). The minimum atomic E-state index is -0.555. The van der Waals surface area contributed by atoms with E-state index in [9.17, 15) is 9.18 Å². The first-order chi connectivity index (χ1) is 9.49. The van der Waals surface area contributed by atoms with Crippen LogP contribution in [-0.4, -0.2) is 17.9 Å². The topological polar surface area (TPSA) is 46.3 Å². The van der Waals surface area contributed by atoms with Crippen molar-refractivity contribution in [2.45, 2.75) is 13.5 Å². The van der Waals surface area contributed by atoms with Gasteiger partial charge in [-0.3, -0.25) is 4.79 Å². The Morgan fingerprint density at radius 3 is 2.65 bits per heavy atom. The van der Waals surface area contributed by atoms with Gasteiger partial charge in [-0.15, -0.1) is 0 Å². The van der Waals surface area contributed by atoms with Gasteiger partial charge in [0.15, 0.2) is 0 Å². The summed E-state index contributed by atoms with van der Waals surface area (Å²) in [5.41, 5.74) is 8.11. The summed E-state index contributed by atoms with van der Waals surface area (Å²) in [5.74, 6) is -0.932. The van der Waals surface area contributed by atoms with Crippen LogP contribution in [0.1, 0.15) is 21.5 Å². The number of hydrogen-bond acceptors (Lipinski definition) is 2. The van der Waals surface area contributed by atoms with Gasteiger partial charge in [0.05, 0.1) is 5.56 Å². The number of anilines is 1. The maximum Gasteiger partial charge on any atom is 0.256 e. The van der Waals surface area contributed by atoms with Crippen molar-refractivity contribution in [3.8, 4) is 0 Å². The molecule has 0 aliphatic heterocycles. The number of rotatable bonds is 3. The fourth-order valence-electron chi connectivity index (χ4n) is 2.03. The van der Waals surface area contributed by atoms with Crippen LogP contribution in [0.2, 0.25) is 0 Å². The van der Waals surface area contributed by atoms with E-state index in [0.717, 1.165) is 11.1 Å². The summed E-state index contributed by atoms with van der Waals surface area (Å²) >= 11 is 0. The first-order valence-electron chi connectivity index (χ1n) is 6.34. The molecule has 104 valence electrons. The number of aryl methyl sites for hydroxylation is 1. The van der Waals surface area contributed by atoms with Crippen LogP contribution in [0.4, 0.5) is 10.1 Å². The molecule has 0 aliphatic carbocycles. The van der Waals surface area contributed by atoms with E-state index in [1.54, 1.807) is 7.05 Å². The van der Waals surface area contributed by atoms with Gasteiger partial charge in [0, 0.05) is 19.3 Å². The summed E-state index contributed by atoms with van der Waals surface area (Å²) in [6.07, 6.45) is 0. The van der Waals surface area contributed by atoms with E-state index in [1.165, 1.54) is 23.1 Å². The standard InChI is InChI=1S/C16H17FN2O/c1-11-5-3-4-6-12(11)10-19(2)16(20)14-9-13(18)7-8-15(14)17/h3-9H,10,18H2,1-2H3. The fourth-order valence-corrected chi connectivity index (χ4v) is 2.03. The Bertz CT molecular complexity index is 640. The van der Waals surface area contributed by atoms with Gasteiger partial charge in [-0.1, -0.05) is 24.3 Å². The highest BCUT2D eigenvalue weighted by Gasteiger charge is 2.17. The quantitative estimate of drug-likeness (QED) is 0.873. The Kier molecular flexibility index (Phi) is 4.03. The van der Waals surface area contributed by atoms with Crippen molar-refractivity contribution >= 4 is 11.6 Å². The number of hydrogen-bond donors (Lipinski definition) is 1.